The Kier molecular flexibility index (Phi) is 3.88. The first-order valence-corrected chi connectivity index (χ1v) is 6.28. The molecule has 0 fully saturated rings. The Balaban J connectivity index is 2.27. The summed E-state index contributed by atoms with van der Waals surface area (Å²) in [5.41, 5.74) is 5.95. The van der Waals surface area contributed by atoms with Crippen molar-refractivity contribution >= 4 is 23.0 Å². The fourth-order valence-corrected chi connectivity index (χ4v) is 1.78. The summed E-state index contributed by atoms with van der Waals surface area (Å²) in [5.74, 6) is -0.600. The van der Waals surface area contributed by atoms with E-state index in [1.807, 2.05) is 13.8 Å². The summed E-state index contributed by atoms with van der Waals surface area (Å²) < 4.78 is 1.67. The minimum atomic E-state index is -0.619. The molecule has 0 bridgehead atoms. The van der Waals surface area contributed by atoms with Crippen molar-refractivity contribution in [2.24, 2.45) is 0 Å². The van der Waals surface area contributed by atoms with Gasteiger partial charge in [-0.15, -0.1) is 0 Å². The number of anilines is 2. The number of carbonyl (C=O) groups excluding carboxylic acids is 1. The number of benzene rings is 1. The minimum Gasteiger partial charge on any atom is -0.399 e. The molecule has 3 N–H and O–H groups in total. The summed E-state index contributed by atoms with van der Waals surface area (Å²) in [6.45, 7) is 3.89. The lowest BCUT2D eigenvalue weighted by Crippen LogP contribution is -2.14. The van der Waals surface area contributed by atoms with Gasteiger partial charge >= 0.3 is 0 Å². The van der Waals surface area contributed by atoms with E-state index in [0.717, 1.165) is 0 Å². The van der Waals surface area contributed by atoms with Crippen LogP contribution in [0, 0.1) is 10.1 Å². The second kappa shape index (κ2) is 5.61. The van der Waals surface area contributed by atoms with Crippen molar-refractivity contribution < 1.29 is 9.72 Å². The number of nitrogen functional groups attached to an aromatic ring is 1. The topological polar surface area (TPSA) is 116 Å². The van der Waals surface area contributed by atoms with Crippen LogP contribution in [-0.2, 0) is 0 Å². The molecule has 1 aromatic heterocycles. The van der Waals surface area contributed by atoms with Gasteiger partial charge in [0.25, 0.3) is 11.6 Å². The average Bonchev–Trinajstić information content (AvgIpc) is 2.86. The van der Waals surface area contributed by atoms with Crippen molar-refractivity contribution in [2.45, 2.75) is 19.9 Å². The Hall–Kier alpha value is -2.90. The number of aromatic nitrogens is 2. The number of hydrogen-bond acceptors (Lipinski definition) is 5. The smallest absolute Gasteiger partial charge is 0.282 e. The second-order valence-electron chi connectivity index (χ2n) is 4.79. The van der Waals surface area contributed by atoms with E-state index in [0.29, 0.717) is 5.69 Å². The molecule has 1 heterocycles. The van der Waals surface area contributed by atoms with Crippen LogP contribution < -0.4 is 11.1 Å². The summed E-state index contributed by atoms with van der Waals surface area (Å²) in [6, 6.07) is 4.02. The fraction of sp³-hybridized carbons (Fsp3) is 0.231. The van der Waals surface area contributed by atoms with Crippen molar-refractivity contribution in [1.82, 2.24) is 9.78 Å². The molecule has 0 aliphatic rings. The molecule has 0 radical (unpaired) electrons. The molecule has 0 unspecified atom stereocenters. The number of amides is 1. The fourth-order valence-electron chi connectivity index (χ4n) is 1.78. The summed E-state index contributed by atoms with van der Waals surface area (Å²) in [4.78, 5) is 22.5. The third kappa shape index (κ3) is 3.16. The highest BCUT2D eigenvalue weighted by molar-refractivity contribution is 6.07. The molecule has 0 saturated heterocycles. The predicted octanol–water partition coefficient (Wildman–Crippen LogP) is 2.21. The average molecular weight is 289 g/mol. The maximum Gasteiger partial charge on any atom is 0.282 e. The van der Waals surface area contributed by atoms with Crippen LogP contribution in [0.2, 0.25) is 0 Å². The van der Waals surface area contributed by atoms with Gasteiger partial charge in [-0.1, -0.05) is 0 Å². The van der Waals surface area contributed by atoms with Crippen molar-refractivity contribution in [2.75, 3.05) is 11.1 Å². The molecule has 110 valence electrons. The molecular formula is C13H15N5O3. The SMILES string of the molecule is CC(C)n1cc(NC(=O)c2cc(N)ccc2[N+](=O)[O-])cn1. The normalized spacial score (nSPS) is 10.6. The Morgan fingerprint density at radius 1 is 1.48 bits per heavy atom. The molecule has 0 atom stereocenters. The van der Waals surface area contributed by atoms with Crippen molar-refractivity contribution in [1.29, 1.82) is 0 Å². The number of nitrogens with zero attached hydrogens (tertiary/aromatic N) is 3. The summed E-state index contributed by atoms with van der Waals surface area (Å²) in [6.07, 6.45) is 3.14. The van der Waals surface area contributed by atoms with E-state index in [1.165, 1.54) is 24.4 Å². The zero-order chi connectivity index (χ0) is 15.6. The van der Waals surface area contributed by atoms with E-state index in [-0.39, 0.29) is 23.0 Å². The summed E-state index contributed by atoms with van der Waals surface area (Å²) >= 11 is 0. The molecule has 0 spiro atoms. The van der Waals surface area contributed by atoms with Gasteiger partial charge < -0.3 is 11.1 Å². The van der Waals surface area contributed by atoms with Gasteiger partial charge in [-0.05, 0) is 26.0 Å². The molecule has 0 saturated carbocycles. The second-order valence-corrected chi connectivity index (χ2v) is 4.79. The molecule has 2 aromatic rings. The molecule has 1 aromatic carbocycles. The van der Waals surface area contributed by atoms with Gasteiger partial charge in [0.15, 0.2) is 0 Å². The van der Waals surface area contributed by atoms with Crippen LogP contribution in [0.25, 0.3) is 0 Å². The van der Waals surface area contributed by atoms with E-state index in [1.54, 1.807) is 10.9 Å². The molecule has 0 aliphatic heterocycles. The minimum absolute atomic E-state index is 0.0858. The van der Waals surface area contributed by atoms with Gasteiger partial charge in [0.2, 0.25) is 0 Å². The standard InChI is InChI=1S/C13H15N5O3/c1-8(2)17-7-10(6-15-17)16-13(19)11-5-9(14)3-4-12(11)18(20)21/h3-8H,14H2,1-2H3,(H,16,19). The highest BCUT2D eigenvalue weighted by atomic mass is 16.6. The lowest BCUT2D eigenvalue weighted by atomic mass is 10.1. The van der Waals surface area contributed by atoms with Crippen LogP contribution in [0.1, 0.15) is 30.2 Å². The Morgan fingerprint density at radius 2 is 2.19 bits per heavy atom. The molecule has 8 nitrogen and oxygen atoms in total. The predicted molar refractivity (Wildman–Crippen MR) is 78.1 cm³/mol. The number of nitrogens with two attached hydrogens (primary N) is 1. The highest BCUT2D eigenvalue weighted by Crippen LogP contribution is 2.22. The number of nitro groups is 1. The van der Waals surface area contributed by atoms with Crippen LogP contribution in [-0.4, -0.2) is 20.6 Å². The van der Waals surface area contributed by atoms with Gasteiger partial charge in [-0.3, -0.25) is 19.6 Å². The number of carbonyl (C=O) groups is 1. The lowest BCUT2D eigenvalue weighted by Gasteiger charge is -2.05. The Bertz CT molecular complexity index is 693. The first-order chi connectivity index (χ1) is 9.88. The zero-order valence-corrected chi connectivity index (χ0v) is 11.6. The van der Waals surface area contributed by atoms with Crippen molar-refractivity contribution in [3.63, 3.8) is 0 Å². The van der Waals surface area contributed by atoms with E-state index in [2.05, 4.69) is 10.4 Å². The summed E-state index contributed by atoms with van der Waals surface area (Å²) in [7, 11) is 0. The van der Waals surface area contributed by atoms with Gasteiger partial charge in [0, 0.05) is 24.0 Å². The van der Waals surface area contributed by atoms with Gasteiger partial charge in [-0.2, -0.15) is 5.10 Å². The van der Waals surface area contributed by atoms with E-state index >= 15 is 0 Å². The first kappa shape index (κ1) is 14.5. The maximum absolute atomic E-state index is 12.2. The van der Waals surface area contributed by atoms with Crippen molar-refractivity contribution in [3.8, 4) is 0 Å². The zero-order valence-electron chi connectivity index (χ0n) is 11.6. The van der Waals surface area contributed by atoms with Gasteiger partial charge in [0.05, 0.1) is 16.8 Å². The first-order valence-electron chi connectivity index (χ1n) is 6.28. The Labute approximate surface area is 120 Å². The van der Waals surface area contributed by atoms with Gasteiger partial charge in [0.1, 0.15) is 5.56 Å². The molecule has 1 amide bonds. The molecular weight excluding hydrogens is 274 g/mol. The number of nitro benzene ring substituents is 1. The van der Waals surface area contributed by atoms with Crippen LogP contribution >= 0.6 is 0 Å². The maximum atomic E-state index is 12.2. The summed E-state index contributed by atoms with van der Waals surface area (Å²) in [5, 5.41) is 17.6. The van der Waals surface area contributed by atoms with E-state index in [9.17, 15) is 14.9 Å². The Morgan fingerprint density at radius 3 is 2.76 bits per heavy atom. The molecule has 2 rings (SSSR count). The number of nitrogens with one attached hydrogen (secondary N) is 1. The van der Waals surface area contributed by atoms with E-state index in [4.69, 9.17) is 5.73 Å². The number of hydrogen-bond donors (Lipinski definition) is 2. The largest absolute Gasteiger partial charge is 0.399 e. The van der Waals surface area contributed by atoms with Crippen molar-refractivity contribution in [3.05, 3.63) is 46.3 Å². The molecule has 21 heavy (non-hydrogen) atoms. The molecule has 0 aliphatic carbocycles. The van der Waals surface area contributed by atoms with Crippen LogP contribution in [0.15, 0.2) is 30.6 Å². The monoisotopic (exact) mass is 289 g/mol. The van der Waals surface area contributed by atoms with Crippen LogP contribution in [0.4, 0.5) is 17.1 Å². The highest BCUT2D eigenvalue weighted by Gasteiger charge is 2.20. The molecule has 8 heteroatoms. The lowest BCUT2D eigenvalue weighted by molar-refractivity contribution is -0.385. The third-order valence-electron chi connectivity index (χ3n) is 2.85. The van der Waals surface area contributed by atoms with Gasteiger partial charge in [-0.25, -0.2) is 0 Å². The third-order valence-corrected chi connectivity index (χ3v) is 2.85. The number of rotatable bonds is 4. The quantitative estimate of drug-likeness (QED) is 0.508. The van der Waals surface area contributed by atoms with Crippen LogP contribution in [0.3, 0.4) is 0 Å². The van der Waals surface area contributed by atoms with E-state index < -0.39 is 10.8 Å². The van der Waals surface area contributed by atoms with Crippen LogP contribution in [0.5, 0.6) is 0 Å².